The van der Waals surface area contributed by atoms with Gasteiger partial charge in [0.05, 0.1) is 0 Å². The summed E-state index contributed by atoms with van der Waals surface area (Å²) in [6.45, 7) is 15.0. The first kappa shape index (κ1) is 25.7. The van der Waals surface area contributed by atoms with Crippen LogP contribution in [0.4, 0.5) is 0 Å². The molecule has 2 heteroatoms. The highest BCUT2D eigenvalue weighted by atomic mass is 16.7. The number of allylic oxidation sites excluding steroid dienone is 2. The first-order valence-corrected chi connectivity index (χ1v) is 14.4. The molecule has 0 aromatic rings. The van der Waals surface area contributed by atoms with Crippen LogP contribution in [0.5, 0.6) is 0 Å². The zero-order valence-electron chi connectivity index (χ0n) is 23.2. The van der Waals surface area contributed by atoms with E-state index in [0.29, 0.717) is 10.8 Å². The van der Waals surface area contributed by atoms with Gasteiger partial charge in [-0.1, -0.05) is 53.7 Å². The summed E-state index contributed by atoms with van der Waals surface area (Å²) in [6, 6.07) is 0. The Morgan fingerprint density at radius 1 is 0.818 bits per heavy atom. The molecule has 0 aliphatic heterocycles. The number of methoxy groups -OCH3 is 2. The number of rotatable bonds is 7. The molecule has 0 N–H and O–H groups in total. The average molecular weight is 459 g/mol. The quantitative estimate of drug-likeness (QED) is 0.281. The van der Waals surface area contributed by atoms with Crippen molar-refractivity contribution in [2.45, 2.75) is 112 Å². The molecule has 4 fully saturated rings. The molecular formula is C31H54O2. The molecule has 0 heterocycles. The fraction of sp³-hybridized carbons (Fsp3) is 0.935. The lowest BCUT2D eigenvalue weighted by Crippen LogP contribution is -2.56. The van der Waals surface area contributed by atoms with Gasteiger partial charge in [-0.25, -0.2) is 0 Å². The van der Waals surface area contributed by atoms with Crippen LogP contribution < -0.4 is 0 Å². The van der Waals surface area contributed by atoms with E-state index in [0.717, 1.165) is 60.2 Å². The molecule has 4 aliphatic rings. The summed E-state index contributed by atoms with van der Waals surface area (Å²) < 4.78 is 11.8. The van der Waals surface area contributed by atoms with E-state index >= 15 is 0 Å². The van der Waals surface area contributed by atoms with Crippen molar-refractivity contribution < 1.29 is 9.47 Å². The van der Waals surface area contributed by atoms with Gasteiger partial charge in [0.1, 0.15) is 0 Å². The molecular weight excluding hydrogens is 404 g/mol. The third kappa shape index (κ3) is 4.28. The topological polar surface area (TPSA) is 18.5 Å². The Bertz CT molecular complexity index is 693. The molecule has 4 aliphatic carbocycles. The lowest BCUT2D eigenvalue weighted by atomic mass is 9.44. The third-order valence-electron chi connectivity index (χ3n) is 12.1. The second kappa shape index (κ2) is 9.61. The van der Waals surface area contributed by atoms with E-state index in [2.05, 4.69) is 53.7 Å². The predicted octanol–water partition coefficient (Wildman–Crippen LogP) is 8.51. The van der Waals surface area contributed by atoms with E-state index in [9.17, 15) is 0 Å². The van der Waals surface area contributed by atoms with Gasteiger partial charge in [0.25, 0.3) is 0 Å². The Morgan fingerprint density at radius 2 is 1.52 bits per heavy atom. The van der Waals surface area contributed by atoms with E-state index in [1.165, 1.54) is 51.4 Å². The number of hydrogen-bond acceptors (Lipinski definition) is 2. The SMILES string of the molecule is CC[C@H](/C=C/[C@@H](C)[C@@H]1CC[C@@H]2[C@H]3CC[C@H]4CC(OC)(OC)CC[C@]4(C)[C@@H]3CC[C@@]21C)C(C)C. The van der Waals surface area contributed by atoms with Crippen LogP contribution in [0.25, 0.3) is 0 Å². The smallest absolute Gasteiger partial charge is 0.167 e. The van der Waals surface area contributed by atoms with Gasteiger partial charge in [0, 0.05) is 27.1 Å². The molecule has 2 nitrogen and oxygen atoms in total. The van der Waals surface area contributed by atoms with E-state index in [4.69, 9.17) is 9.47 Å². The summed E-state index contributed by atoms with van der Waals surface area (Å²) in [5.41, 5.74) is 1.03. The molecule has 33 heavy (non-hydrogen) atoms. The van der Waals surface area contributed by atoms with Crippen LogP contribution in [-0.4, -0.2) is 20.0 Å². The Balaban J connectivity index is 1.49. The molecule has 0 spiro atoms. The number of ether oxygens (including phenoxy) is 2. The molecule has 0 saturated heterocycles. The van der Waals surface area contributed by atoms with Crippen LogP contribution in [0.1, 0.15) is 106 Å². The Hall–Kier alpha value is -0.340. The molecule has 4 rings (SSSR count). The summed E-state index contributed by atoms with van der Waals surface area (Å²) in [4.78, 5) is 0. The molecule has 0 unspecified atom stereocenters. The Morgan fingerprint density at radius 3 is 2.15 bits per heavy atom. The van der Waals surface area contributed by atoms with Crippen LogP contribution in [0, 0.1) is 58.2 Å². The average Bonchev–Trinajstić information content (AvgIpc) is 3.16. The van der Waals surface area contributed by atoms with Crippen LogP contribution >= 0.6 is 0 Å². The van der Waals surface area contributed by atoms with Crippen LogP contribution in [0.2, 0.25) is 0 Å². The van der Waals surface area contributed by atoms with E-state index in [-0.39, 0.29) is 5.79 Å². The zero-order valence-corrected chi connectivity index (χ0v) is 23.2. The van der Waals surface area contributed by atoms with E-state index in [1.807, 2.05) is 14.2 Å². The minimum atomic E-state index is -0.327. The van der Waals surface area contributed by atoms with Gasteiger partial charge in [-0.3, -0.25) is 0 Å². The fourth-order valence-corrected chi connectivity index (χ4v) is 9.84. The summed E-state index contributed by atoms with van der Waals surface area (Å²) >= 11 is 0. The molecule has 4 saturated carbocycles. The molecule has 0 aromatic heterocycles. The fourth-order valence-electron chi connectivity index (χ4n) is 9.84. The normalized spacial score (nSPS) is 44.3. The van der Waals surface area contributed by atoms with Gasteiger partial charge in [0.15, 0.2) is 5.79 Å². The highest BCUT2D eigenvalue weighted by molar-refractivity contribution is 5.12. The third-order valence-corrected chi connectivity index (χ3v) is 12.1. The maximum atomic E-state index is 5.92. The maximum Gasteiger partial charge on any atom is 0.167 e. The predicted molar refractivity (Wildman–Crippen MR) is 139 cm³/mol. The van der Waals surface area contributed by atoms with Crippen molar-refractivity contribution in [3.63, 3.8) is 0 Å². The van der Waals surface area contributed by atoms with Gasteiger partial charge in [-0.05, 0) is 110 Å². The molecule has 9 atom stereocenters. The maximum absolute atomic E-state index is 5.92. The number of fused-ring (bicyclic) bond motifs is 5. The minimum Gasteiger partial charge on any atom is -0.353 e. The summed E-state index contributed by atoms with van der Waals surface area (Å²) in [5, 5.41) is 0. The Labute approximate surface area is 205 Å². The van der Waals surface area contributed by atoms with E-state index in [1.54, 1.807) is 0 Å². The summed E-state index contributed by atoms with van der Waals surface area (Å²) in [6.07, 6.45) is 18.5. The lowest BCUT2D eigenvalue weighted by Gasteiger charge is -2.62. The first-order valence-electron chi connectivity index (χ1n) is 14.4. The molecule has 0 bridgehead atoms. The van der Waals surface area contributed by atoms with Crippen molar-refractivity contribution in [3.8, 4) is 0 Å². The van der Waals surface area contributed by atoms with Crippen molar-refractivity contribution in [3.05, 3.63) is 12.2 Å². The van der Waals surface area contributed by atoms with Crippen LogP contribution in [0.15, 0.2) is 12.2 Å². The lowest BCUT2D eigenvalue weighted by molar-refractivity contribution is -0.261. The molecule has 0 aromatic carbocycles. The molecule has 190 valence electrons. The summed E-state index contributed by atoms with van der Waals surface area (Å²) in [5.74, 6) is 6.32. The van der Waals surface area contributed by atoms with Gasteiger partial charge < -0.3 is 9.47 Å². The van der Waals surface area contributed by atoms with Crippen LogP contribution in [0.3, 0.4) is 0 Å². The Kier molecular flexibility index (Phi) is 7.49. The van der Waals surface area contributed by atoms with Crippen molar-refractivity contribution >= 4 is 0 Å². The monoisotopic (exact) mass is 458 g/mol. The highest BCUT2D eigenvalue weighted by Crippen LogP contribution is 2.69. The summed E-state index contributed by atoms with van der Waals surface area (Å²) in [7, 11) is 3.70. The van der Waals surface area contributed by atoms with Gasteiger partial charge in [-0.2, -0.15) is 0 Å². The van der Waals surface area contributed by atoms with Crippen molar-refractivity contribution in [1.29, 1.82) is 0 Å². The second-order valence-corrected chi connectivity index (χ2v) is 13.5. The van der Waals surface area contributed by atoms with Crippen molar-refractivity contribution in [2.24, 2.45) is 58.2 Å². The number of hydrogen-bond donors (Lipinski definition) is 0. The van der Waals surface area contributed by atoms with Crippen molar-refractivity contribution in [2.75, 3.05) is 14.2 Å². The molecule has 0 amide bonds. The van der Waals surface area contributed by atoms with Gasteiger partial charge in [0.2, 0.25) is 0 Å². The first-order chi connectivity index (χ1) is 15.6. The van der Waals surface area contributed by atoms with Crippen molar-refractivity contribution in [1.82, 2.24) is 0 Å². The largest absolute Gasteiger partial charge is 0.353 e. The highest BCUT2D eigenvalue weighted by Gasteiger charge is 2.61. The minimum absolute atomic E-state index is 0.327. The molecule has 0 radical (unpaired) electrons. The second-order valence-electron chi connectivity index (χ2n) is 13.5. The standard InChI is InChI=1S/C31H54O2/c1-9-23(21(2)3)11-10-22(4)26-14-15-27-25-13-12-24-20-31(32-7,33-8)19-18-29(24,5)28(25)16-17-30(26,27)6/h10-11,21-28H,9,12-20H2,1-8H3/b11-10+/t22-,23-,24+,25-,26+,27-,28-,29+,30-/m1/s1. The zero-order chi connectivity index (χ0) is 24.0. The van der Waals surface area contributed by atoms with Gasteiger partial charge in [-0.15, -0.1) is 0 Å². The van der Waals surface area contributed by atoms with Gasteiger partial charge >= 0.3 is 0 Å². The van der Waals surface area contributed by atoms with Crippen LogP contribution in [-0.2, 0) is 9.47 Å². The van der Waals surface area contributed by atoms with E-state index < -0.39 is 0 Å².